The Balaban J connectivity index is 1.19. The van der Waals surface area contributed by atoms with Gasteiger partial charge in [-0.3, -0.25) is 4.79 Å². The van der Waals surface area contributed by atoms with Crippen LogP contribution in [0.3, 0.4) is 0 Å². The highest BCUT2D eigenvalue weighted by molar-refractivity contribution is 7.18. The predicted molar refractivity (Wildman–Crippen MR) is 168 cm³/mol. The molecule has 2 atom stereocenters. The van der Waals surface area contributed by atoms with Crippen LogP contribution in [0.1, 0.15) is 67.3 Å². The molecule has 8 heteroatoms. The van der Waals surface area contributed by atoms with Crippen LogP contribution in [0.5, 0.6) is 5.75 Å². The van der Waals surface area contributed by atoms with Crippen molar-refractivity contribution in [3.8, 4) is 5.75 Å². The Morgan fingerprint density at radius 1 is 0.905 bits per heavy atom. The van der Waals surface area contributed by atoms with E-state index >= 15 is 0 Å². The minimum Gasteiger partial charge on any atom is -0.486 e. The third-order valence-corrected chi connectivity index (χ3v) is 9.87. The second-order valence-corrected chi connectivity index (χ2v) is 12.7. The van der Waals surface area contributed by atoms with Crippen molar-refractivity contribution >= 4 is 44.2 Å². The lowest BCUT2D eigenvalue weighted by molar-refractivity contribution is -0.143. The summed E-state index contributed by atoms with van der Waals surface area (Å²) in [4.78, 5) is 24.6. The fourth-order valence-electron chi connectivity index (χ4n) is 6.68. The predicted octanol–water partition coefficient (Wildman–Crippen LogP) is 7.62. The number of rotatable bonds is 8. The molecule has 3 heterocycles. The van der Waals surface area contributed by atoms with Crippen molar-refractivity contribution in [1.82, 2.24) is 14.5 Å². The number of hydrogen-bond acceptors (Lipinski definition) is 6. The first kappa shape index (κ1) is 27.0. The number of nitrogens with zero attached hydrogens (tertiary/aromatic N) is 4. The molecule has 42 heavy (non-hydrogen) atoms. The monoisotopic (exact) mass is 580 g/mol. The number of imidazole rings is 1. The summed E-state index contributed by atoms with van der Waals surface area (Å²) in [5.41, 5.74) is 5.31. The average molecular weight is 581 g/mol. The summed E-state index contributed by atoms with van der Waals surface area (Å²) in [6.07, 6.45) is 7.35. The van der Waals surface area contributed by atoms with Crippen molar-refractivity contribution in [3.63, 3.8) is 0 Å². The van der Waals surface area contributed by atoms with Crippen LogP contribution in [0.4, 0.5) is 5.69 Å². The normalized spacial score (nSPS) is 19.4. The zero-order chi connectivity index (χ0) is 28.5. The van der Waals surface area contributed by atoms with Crippen LogP contribution in [0.25, 0.3) is 21.3 Å². The fraction of sp³-hybridized carbons (Fsp3) is 0.382. The zero-order valence-electron chi connectivity index (χ0n) is 23.7. The number of anilines is 1. The summed E-state index contributed by atoms with van der Waals surface area (Å²) in [5, 5.41) is 11.0. The summed E-state index contributed by atoms with van der Waals surface area (Å²) in [7, 11) is 0. The number of aromatic nitrogens is 3. The zero-order valence-corrected chi connectivity index (χ0v) is 24.6. The van der Waals surface area contributed by atoms with Gasteiger partial charge in [-0.05, 0) is 74.1 Å². The Labute approximate surface area is 249 Å². The quantitative estimate of drug-likeness (QED) is 0.203. The Bertz CT molecular complexity index is 1670. The second-order valence-electron chi connectivity index (χ2n) is 11.6. The van der Waals surface area contributed by atoms with Crippen molar-refractivity contribution in [1.29, 1.82) is 0 Å². The van der Waals surface area contributed by atoms with Gasteiger partial charge in [0.2, 0.25) is 0 Å². The number of benzene rings is 3. The number of aliphatic carboxylic acids is 1. The van der Waals surface area contributed by atoms with E-state index in [-0.39, 0.29) is 5.92 Å². The maximum absolute atomic E-state index is 12.3. The largest absolute Gasteiger partial charge is 0.486 e. The lowest BCUT2D eigenvalue weighted by Gasteiger charge is -2.29. The van der Waals surface area contributed by atoms with E-state index in [2.05, 4.69) is 45.9 Å². The van der Waals surface area contributed by atoms with Gasteiger partial charge >= 0.3 is 5.97 Å². The molecule has 1 aliphatic carbocycles. The van der Waals surface area contributed by atoms with E-state index in [4.69, 9.17) is 14.7 Å². The van der Waals surface area contributed by atoms with Gasteiger partial charge in [-0.1, -0.05) is 37.1 Å². The van der Waals surface area contributed by atoms with Crippen LogP contribution < -0.4 is 9.64 Å². The standard InChI is InChI=1S/C34H36N4O3S/c39-34(40)27-9-3-2-8-26(27)33-36-29-20-25(41-22-32-35-28-10-4-5-11-31(28)42-32)16-17-30(29)38(33)21-23-12-14-24(15-13-23)37-18-6-1-7-19-37/h4-5,10-17,20,26-27H,1-3,6-9,18-19,21-22H2,(H,39,40)/t26-,27+/m1/s1. The molecule has 7 rings (SSSR count). The third kappa shape index (κ3) is 5.48. The van der Waals surface area contributed by atoms with E-state index < -0.39 is 11.9 Å². The molecular weight excluding hydrogens is 544 g/mol. The maximum atomic E-state index is 12.3. The van der Waals surface area contributed by atoms with Crippen LogP contribution in [-0.2, 0) is 17.9 Å². The Hall–Kier alpha value is -3.91. The molecular formula is C34H36N4O3S. The van der Waals surface area contributed by atoms with Crippen LogP contribution in [-0.4, -0.2) is 38.7 Å². The summed E-state index contributed by atoms with van der Waals surface area (Å²) < 4.78 is 9.57. The number of hydrogen-bond donors (Lipinski definition) is 1. The van der Waals surface area contributed by atoms with Crippen LogP contribution >= 0.6 is 11.3 Å². The van der Waals surface area contributed by atoms with E-state index in [1.165, 1.54) is 30.5 Å². The highest BCUT2D eigenvalue weighted by Crippen LogP contribution is 2.39. The van der Waals surface area contributed by atoms with Crippen molar-refractivity contribution in [2.45, 2.75) is 64.0 Å². The fourth-order valence-corrected chi connectivity index (χ4v) is 7.56. The summed E-state index contributed by atoms with van der Waals surface area (Å²) in [6, 6.07) is 23.1. The first-order valence-corrected chi connectivity index (χ1v) is 16.0. The van der Waals surface area contributed by atoms with Crippen LogP contribution in [0.15, 0.2) is 66.7 Å². The van der Waals surface area contributed by atoms with E-state index in [0.717, 1.165) is 70.2 Å². The Kier molecular flexibility index (Phi) is 7.55. The molecule has 2 aliphatic rings. The summed E-state index contributed by atoms with van der Waals surface area (Å²) in [5.74, 6) is 0.376. The topological polar surface area (TPSA) is 80.5 Å². The van der Waals surface area contributed by atoms with Gasteiger partial charge in [0.15, 0.2) is 0 Å². The minimum atomic E-state index is -0.718. The van der Waals surface area contributed by atoms with Crippen molar-refractivity contribution < 1.29 is 14.6 Å². The highest BCUT2D eigenvalue weighted by atomic mass is 32.1. The third-order valence-electron chi connectivity index (χ3n) is 8.86. The Morgan fingerprint density at radius 2 is 1.71 bits per heavy atom. The molecule has 0 spiro atoms. The molecule has 7 nitrogen and oxygen atoms in total. The number of ether oxygens (including phenoxy) is 1. The second kappa shape index (κ2) is 11.8. The lowest BCUT2D eigenvalue weighted by Crippen LogP contribution is -2.29. The van der Waals surface area contributed by atoms with E-state index in [9.17, 15) is 9.90 Å². The molecule has 0 unspecified atom stereocenters. The number of fused-ring (bicyclic) bond motifs is 2. The van der Waals surface area contributed by atoms with Gasteiger partial charge in [0.25, 0.3) is 0 Å². The molecule has 1 aliphatic heterocycles. The van der Waals surface area contributed by atoms with E-state index in [0.29, 0.717) is 19.6 Å². The van der Waals surface area contributed by atoms with Crippen molar-refractivity contribution in [3.05, 3.63) is 83.1 Å². The van der Waals surface area contributed by atoms with Gasteiger partial charge in [-0.15, -0.1) is 11.3 Å². The highest BCUT2D eigenvalue weighted by Gasteiger charge is 2.35. The number of thiazole rings is 1. The summed E-state index contributed by atoms with van der Waals surface area (Å²) >= 11 is 1.65. The lowest BCUT2D eigenvalue weighted by atomic mass is 9.78. The maximum Gasteiger partial charge on any atom is 0.307 e. The smallest absolute Gasteiger partial charge is 0.307 e. The van der Waals surface area contributed by atoms with Crippen LogP contribution in [0, 0.1) is 5.92 Å². The van der Waals surface area contributed by atoms with Gasteiger partial charge in [-0.2, -0.15) is 0 Å². The molecule has 1 saturated heterocycles. The molecule has 0 radical (unpaired) electrons. The van der Waals surface area contributed by atoms with Gasteiger partial charge in [0, 0.05) is 37.3 Å². The molecule has 1 N–H and O–H groups in total. The first-order chi connectivity index (χ1) is 20.6. The Morgan fingerprint density at radius 3 is 2.52 bits per heavy atom. The number of piperidine rings is 1. The number of para-hydroxylation sites is 1. The van der Waals surface area contributed by atoms with Gasteiger partial charge < -0.3 is 19.3 Å². The average Bonchev–Trinajstić information content (AvgIpc) is 3.61. The number of carboxylic acids is 1. The van der Waals surface area contributed by atoms with Gasteiger partial charge in [-0.25, -0.2) is 9.97 Å². The molecule has 0 bridgehead atoms. The SMILES string of the molecule is O=C(O)[C@H]1CCCC[C@H]1c1nc2cc(OCc3nc4ccccc4s3)ccc2n1Cc1ccc(N2CCCCC2)cc1. The number of carboxylic acid groups (broad SMARTS) is 1. The molecule has 2 fully saturated rings. The number of carbonyl (C=O) groups is 1. The van der Waals surface area contributed by atoms with Crippen molar-refractivity contribution in [2.75, 3.05) is 18.0 Å². The van der Waals surface area contributed by atoms with E-state index in [1.54, 1.807) is 11.3 Å². The summed E-state index contributed by atoms with van der Waals surface area (Å²) in [6.45, 7) is 3.29. The van der Waals surface area contributed by atoms with Gasteiger partial charge in [0.05, 0.1) is 27.2 Å². The van der Waals surface area contributed by atoms with Crippen LogP contribution in [0.2, 0.25) is 0 Å². The molecule has 2 aromatic heterocycles. The molecule has 1 saturated carbocycles. The molecule has 5 aromatic rings. The first-order valence-electron chi connectivity index (χ1n) is 15.2. The van der Waals surface area contributed by atoms with Gasteiger partial charge in [0.1, 0.15) is 23.2 Å². The molecule has 0 amide bonds. The molecule has 3 aromatic carbocycles. The molecule has 216 valence electrons. The van der Waals surface area contributed by atoms with Crippen molar-refractivity contribution in [2.24, 2.45) is 5.92 Å². The minimum absolute atomic E-state index is 0.108. The van der Waals surface area contributed by atoms with E-state index in [1.807, 2.05) is 30.3 Å².